The summed E-state index contributed by atoms with van der Waals surface area (Å²) in [7, 11) is 0. The van der Waals surface area contributed by atoms with Gasteiger partial charge in [-0.3, -0.25) is 4.79 Å². The average molecular weight is 302 g/mol. The first-order chi connectivity index (χ1) is 10.8. The second-order valence-corrected chi connectivity index (χ2v) is 6.71. The van der Waals surface area contributed by atoms with Crippen molar-refractivity contribution < 1.29 is 9.53 Å². The van der Waals surface area contributed by atoms with E-state index in [0.29, 0.717) is 6.47 Å². The van der Waals surface area contributed by atoms with Gasteiger partial charge in [0.05, 0.1) is 0 Å². The van der Waals surface area contributed by atoms with Gasteiger partial charge in [-0.2, -0.15) is 0 Å². The fourth-order valence-corrected chi connectivity index (χ4v) is 3.65. The monoisotopic (exact) mass is 302 g/mol. The molecule has 1 atom stereocenters. The minimum Gasteiger partial charge on any atom is -0.461 e. The predicted molar refractivity (Wildman–Crippen MR) is 91.0 cm³/mol. The number of unbranched alkanes of at least 4 members (excludes halogenated alkanes) is 6. The molecular weight excluding hydrogens is 272 g/mol. The Labute approximate surface area is 135 Å². The van der Waals surface area contributed by atoms with Crippen LogP contribution in [0.25, 0.3) is 0 Å². The van der Waals surface area contributed by atoms with Crippen LogP contribution in [0.2, 0.25) is 0 Å². The summed E-state index contributed by atoms with van der Waals surface area (Å²) in [6.45, 7) is 2.91. The van der Waals surface area contributed by atoms with Crippen molar-refractivity contribution in [3.63, 3.8) is 0 Å². The molecule has 0 aromatic heterocycles. The Morgan fingerprint density at radius 2 is 1.73 bits per heavy atom. The maximum Gasteiger partial charge on any atom is 0.293 e. The van der Waals surface area contributed by atoms with Crippen LogP contribution >= 0.6 is 0 Å². The first-order valence-corrected chi connectivity index (χ1v) is 8.98. The Balaban J connectivity index is 1.81. The van der Waals surface area contributed by atoms with Gasteiger partial charge in [-0.15, -0.1) is 0 Å². The molecule has 22 heavy (non-hydrogen) atoms. The fourth-order valence-electron chi connectivity index (χ4n) is 3.65. The maximum atomic E-state index is 11.0. The van der Waals surface area contributed by atoms with Gasteiger partial charge < -0.3 is 4.74 Å². The molecule has 0 radical (unpaired) electrons. The molecule has 1 aliphatic rings. The predicted octanol–water partition coefficient (Wildman–Crippen LogP) is 5.23. The molecule has 0 fully saturated rings. The second-order valence-electron chi connectivity index (χ2n) is 6.71. The molecule has 0 aliphatic heterocycles. The van der Waals surface area contributed by atoms with E-state index in [1.807, 2.05) is 0 Å². The van der Waals surface area contributed by atoms with E-state index in [1.54, 1.807) is 0 Å². The molecule has 0 amide bonds. The molecule has 0 spiro atoms. The third kappa shape index (κ3) is 4.86. The molecule has 2 rings (SSSR count). The van der Waals surface area contributed by atoms with Crippen molar-refractivity contribution in [1.29, 1.82) is 0 Å². The van der Waals surface area contributed by atoms with E-state index >= 15 is 0 Å². The summed E-state index contributed by atoms with van der Waals surface area (Å²) in [5.41, 5.74) is 2.53. The van der Waals surface area contributed by atoms with Crippen molar-refractivity contribution in [2.45, 2.75) is 83.2 Å². The quantitative estimate of drug-likeness (QED) is 0.437. The van der Waals surface area contributed by atoms with Gasteiger partial charge in [-0.25, -0.2) is 0 Å². The molecule has 2 nitrogen and oxygen atoms in total. The summed E-state index contributed by atoms with van der Waals surface area (Å²) in [4.78, 5) is 11.0. The zero-order valence-electron chi connectivity index (χ0n) is 14.0. The Morgan fingerprint density at radius 3 is 2.45 bits per heavy atom. The van der Waals surface area contributed by atoms with Gasteiger partial charge >= 0.3 is 0 Å². The van der Waals surface area contributed by atoms with Crippen LogP contribution in [0.3, 0.4) is 0 Å². The van der Waals surface area contributed by atoms with Crippen molar-refractivity contribution in [2.24, 2.45) is 0 Å². The van der Waals surface area contributed by atoms with Crippen LogP contribution in [-0.4, -0.2) is 12.1 Å². The Bertz CT molecular complexity index is 455. The van der Waals surface area contributed by atoms with Gasteiger partial charge in [0.2, 0.25) is 0 Å². The molecule has 0 heterocycles. The van der Waals surface area contributed by atoms with E-state index in [2.05, 4.69) is 31.2 Å². The zero-order valence-corrected chi connectivity index (χ0v) is 14.0. The number of benzene rings is 1. The van der Waals surface area contributed by atoms with Gasteiger partial charge in [-0.05, 0) is 36.8 Å². The van der Waals surface area contributed by atoms with Crippen LogP contribution in [-0.2, 0) is 22.4 Å². The molecule has 1 aromatic rings. The van der Waals surface area contributed by atoms with Crippen LogP contribution in [0.1, 0.15) is 75.8 Å². The van der Waals surface area contributed by atoms with E-state index in [0.717, 1.165) is 25.7 Å². The zero-order chi connectivity index (χ0) is 15.7. The summed E-state index contributed by atoms with van der Waals surface area (Å²) in [5, 5.41) is 0. The second kappa shape index (κ2) is 8.97. The van der Waals surface area contributed by atoms with Crippen LogP contribution in [0.15, 0.2) is 24.3 Å². The highest BCUT2D eigenvalue weighted by molar-refractivity contribution is 5.40. The topological polar surface area (TPSA) is 26.3 Å². The Kier molecular flexibility index (Phi) is 6.95. The lowest BCUT2D eigenvalue weighted by atomic mass is 9.77. The van der Waals surface area contributed by atoms with Crippen LogP contribution in [0, 0.1) is 0 Å². The number of fused-ring (bicyclic) bond motifs is 1. The summed E-state index contributed by atoms with van der Waals surface area (Å²) in [5.74, 6) is 0. The highest BCUT2D eigenvalue weighted by Gasteiger charge is 2.35. The summed E-state index contributed by atoms with van der Waals surface area (Å²) in [6, 6.07) is 8.57. The molecular formula is C20H30O2. The van der Waals surface area contributed by atoms with Gasteiger partial charge in [0.25, 0.3) is 6.47 Å². The average Bonchev–Trinajstić information content (AvgIpc) is 2.54. The maximum absolute atomic E-state index is 11.0. The summed E-state index contributed by atoms with van der Waals surface area (Å²) < 4.78 is 5.59. The van der Waals surface area contributed by atoms with Crippen LogP contribution < -0.4 is 0 Å². The van der Waals surface area contributed by atoms with Crippen LogP contribution in [0.5, 0.6) is 0 Å². The lowest BCUT2D eigenvalue weighted by molar-refractivity contribution is -0.145. The van der Waals surface area contributed by atoms with Crippen molar-refractivity contribution in [3.05, 3.63) is 35.4 Å². The van der Waals surface area contributed by atoms with E-state index < -0.39 is 0 Å². The SMILES string of the molecule is CCCCCCCCCC1(OC=O)CCc2ccccc2C1. The number of hydrogen-bond donors (Lipinski definition) is 0. The minimum absolute atomic E-state index is 0.250. The van der Waals surface area contributed by atoms with E-state index in [4.69, 9.17) is 4.74 Å². The largest absolute Gasteiger partial charge is 0.461 e. The number of ether oxygens (including phenoxy) is 1. The highest BCUT2D eigenvalue weighted by Crippen LogP contribution is 2.35. The smallest absolute Gasteiger partial charge is 0.293 e. The molecule has 0 saturated carbocycles. The third-order valence-electron chi connectivity index (χ3n) is 5.02. The first kappa shape index (κ1) is 17.1. The third-order valence-corrected chi connectivity index (χ3v) is 5.02. The van der Waals surface area contributed by atoms with Gasteiger partial charge in [0.15, 0.2) is 0 Å². The van der Waals surface area contributed by atoms with E-state index in [9.17, 15) is 4.79 Å². The molecule has 1 aliphatic carbocycles. The van der Waals surface area contributed by atoms with Gasteiger partial charge in [0.1, 0.15) is 5.60 Å². The molecule has 2 heteroatoms. The number of carbonyl (C=O) groups excluding carboxylic acids is 1. The fraction of sp³-hybridized carbons (Fsp3) is 0.650. The molecule has 0 N–H and O–H groups in total. The molecule has 122 valence electrons. The number of rotatable bonds is 10. The minimum atomic E-state index is -0.250. The Morgan fingerprint density at radius 1 is 1.05 bits per heavy atom. The normalized spacial score (nSPS) is 20.4. The molecule has 0 saturated heterocycles. The molecule has 0 bridgehead atoms. The summed E-state index contributed by atoms with van der Waals surface area (Å²) >= 11 is 0. The molecule has 1 unspecified atom stereocenters. The van der Waals surface area contributed by atoms with Crippen molar-refractivity contribution in [1.82, 2.24) is 0 Å². The summed E-state index contributed by atoms with van der Waals surface area (Å²) in [6.07, 6.45) is 13.0. The van der Waals surface area contributed by atoms with E-state index in [1.165, 1.54) is 56.1 Å². The molecule has 1 aromatic carbocycles. The Hall–Kier alpha value is -1.31. The van der Waals surface area contributed by atoms with Crippen molar-refractivity contribution >= 4 is 6.47 Å². The van der Waals surface area contributed by atoms with Gasteiger partial charge in [-0.1, -0.05) is 69.7 Å². The lowest BCUT2D eigenvalue weighted by Gasteiger charge is -2.36. The highest BCUT2D eigenvalue weighted by atomic mass is 16.5. The number of hydrogen-bond acceptors (Lipinski definition) is 2. The standard InChI is InChI=1S/C20H30O2/c1-2-3-4-5-6-7-10-14-20(22-17-21)15-13-18-11-8-9-12-19(18)16-20/h8-9,11-12,17H,2-7,10,13-16H2,1H3. The lowest BCUT2D eigenvalue weighted by Crippen LogP contribution is -2.38. The van der Waals surface area contributed by atoms with Crippen molar-refractivity contribution in [3.8, 4) is 0 Å². The van der Waals surface area contributed by atoms with Crippen LogP contribution in [0.4, 0.5) is 0 Å². The van der Waals surface area contributed by atoms with Gasteiger partial charge in [0, 0.05) is 6.42 Å². The van der Waals surface area contributed by atoms with E-state index in [-0.39, 0.29) is 5.60 Å². The first-order valence-electron chi connectivity index (χ1n) is 8.98. The number of carbonyl (C=O) groups is 1. The van der Waals surface area contributed by atoms with Crippen molar-refractivity contribution in [2.75, 3.05) is 0 Å². The number of aryl methyl sites for hydroxylation is 1.